The van der Waals surface area contributed by atoms with E-state index < -0.39 is 0 Å². The number of hydrogen-bond donors (Lipinski definition) is 1. The first kappa shape index (κ1) is 18.2. The van der Waals surface area contributed by atoms with Gasteiger partial charge in [-0.05, 0) is 25.0 Å². The zero-order valence-electron chi connectivity index (χ0n) is 15.9. The highest BCUT2D eigenvalue weighted by Gasteiger charge is 2.22. The van der Waals surface area contributed by atoms with Gasteiger partial charge in [-0.3, -0.25) is 9.69 Å². The first-order chi connectivity index (χ1) is 13.3. The normalized spacial score (nSPS) is 18.8. The number of carbonyl (C=O) groups is 1. The van der Waals surface area contributed by atoms with Crippen molar-refractivity contribution in [2.24, 2.45) is 5.92 Å². The van der Waals surface area contributed by atoms with Crippen LogP contribution in [-0.4, -0.2) is 45.2 Å². The number of carbonyl (C=O) groups excluding carboxylic acids is 1. The van der Waals surface area contributed by atoms with Crippen molar-refractivity contribution in [3.63, 3.8) is 0 Å². The minimum atomic E-state index is 0.212. The van der Waals surface area contributed by atoms with Gasteiger partial charge in [0.1, 0.15) is 17.4 Å². The summed E-state index contributed by atoms with van der Waals surface area (Å²) in [7, 11) is 0. The van der Waals surface area contributed by atoms with Gasteiger partial charge in [0.25, 0.3) is 0 Å². The molecule has 146 valence electrons. The van der Waals surface area contributed by atoms with E-state index in [1.807, 2.05) is 12.1 Å². The summed E-state index contributed by atoms with van der Waals surface area (Å²) in [5.74, 6) is 3.46. The van der Waals surface area contributed by atoms with E-state index in [9.17, 15) is 4.79 Å². The van der Waals surface area contributed by atoms with E-state index in [1.54, 1.807) is 6.26 Å². The smallest absolute Gasteiger partial charge is 0.223 e. The zero-order valence-corrected chi connectivity index (χ0v) is 15.9. The minimum Gasteiger partial charge on any atom is -0.468 e. The number of nitrogens with zero attached hydrogens (tertiary/aromatic N) is 4. The standard InChI is InChI=1S/C20H29N5O2/c26-20(16-5-2-1-3-6-16)21-10-8-18-22-23-19-9-11-24(12-13-25(18)19)15-17-7-4-14-27-17/h4,7,14,16H,1-3,5-6,8-13,15H2,(H,21,26). The van der Waals surface area contributed by atoms with E-state index >= 15 is 0 Å². The van der Waals surface area contributed by atoms with Crippen LogP contribution in [0.3, 0.4) is 0 Å². The van der Waals surface area contributed by atoms with Crippen LogP contribution in [0.15, 0.2) is 22.8 Å². The number of furan rings is 1. The molecule has 7 heteroatoms. The van der Waals surface area contributed by atoms with E-state index in [2.05, 4.69) is 25.0 Å². The molecule has 1 aliphatic heterocycles. The molecule has 3 heterocycles. The summed E-state index contributed by atoms with van der Waals surface area (Å²) in [5.41, 5.74) is 0. The number of fused-ring (bicyclic) bond motifs is 1. The van der Waals surface area contributed by atoms with Crippen molar-refractivity contribution in [1.82, 2.24) is 25.0 Å². The molecule has 7 nitrogen and oxygen atoms in total. The Hall–Kier alpha value is -2.15. The number of amides is 1. The molecule has 2 aliphatic rings. The van der Waals surface area contributed by atoms with Crippen LogP contribution in [0.4, 0.5) is 0 Å². The van der Waals surface area contributed by atoms with Gasteiger partial charge in [0.2, 0.25) is 5.91 Å². The Morgan fingerprint density at radius 1 is 1.19 bits per heavy atom. The lowest BCUT2D eigenvalue weighted by Gasteiger charge is -2.20. The third kappa shape index (κ3) is 4.58. The molecule has 0 radical (unpaired) electrons. The predicted octanol–water partition coefficient (Wildman–Crippen LogP) is 2.17. The van der Waals surface area contributed by atoms with Crippen LogP contribution < -0.4 is 5.32 Å². The fourth-order valence-electron chi connectivity index (χ4n) is 4.20. The Labute approximate surface area is 160 Å². The van der Waals surface area contributed by atoms with Gasteiger partial charge in [0.05, 0.1) is 12.8 Å². The third-order valence-corrected chi connectivity index (χ3v) is 5.78. The second-order valence-electron chi connectivity index (χ2n) is 7.67. The van der Waals surface area contributed by atoms with Gasteiger partial charge >= 0.3 is 0 Å². The van der Waals surface area contributed by atoms with Gasteiger partial charge in [-0.1, -0.05) is 19.3 Å². The quantitative estimate of drug-likeness (QED) is 0.842. The highest BCUT2D eigenvalue weighted by atomic mass is 16.3. The monoisotopic (exact) mass is 371 g/mol. The lowest BCUT2D eigenvalue weighted by molar-refractivity contribution is -0.125. The van der Waals surface area contributed by atoms with Gasteiger partial charge < -0.3 is 14.3 Å². The van der Waals surface area contributed by atoms with Crippen LogP contribution in [0.25, 0.3) is 0 Å². The Kier molecular flexibility index (Phi) is 5.87. The maximum atomic E-state index is 12.3. The van der Waals surface area contributed by atoms with Gasteiger partial charge in [-0.25, -0.2) is 0 Å². The van der Waals surface area contributed by atoms with E-state index in [1.165, 1.54) is 19.3 Å². The van der Waals surface area contributed by atoms with E-state index in [0.717, 1.165) is 69.3 Å². The minimum absolute atomic E-state index is 0.212. The molecule has 0 spiro atoms. The lowest BCUT2D eigenvalue weighted by Crippen LogP contribution is -2.33. The summed E-state index contributed by atoms with van der Waals surface area (Å²) in [4.78, 5) is 14.7. The topological polar surface area (TPSA) is 76.2 Å². The first-order valence-electron chi connectivity index (χ1n) is 10.2. The van der Waals surface area contributed by atoms with Crippen molar-refractivity contribution in [2.75, 3.05) is 19.6 Å². The van der Waals surface area contributed by atoms with Crippen LogP contribution in [0.2, 0.25) is 0 Å². The first-order valence-corrected chi connectivity index (χ1v) is 10.2. The van der Waals surface area contributed by atoms with Crippen LogP contribution in [0.1, 0.15) is 49.5 Å². The van der Waals surface area contributed by atoms with Crippen molar-refractivity contribution < 1.29 is 9.21 Å². The number of nitrogens with one attached hydrogen (secondary N) is 1. The summed E-state index contributed by atoms with van der Waals surface area (Å²) >= 11 is 0. The van der Waals surface area contributed by atoms with Crippen molar-refractivity contribution in [1.29, 1.82) is 0 Å². The maximum absolute atomic E-state index is 12.3. The summed E-state index contributed by atoms with van der Waals surface area (Å²) in [5, 5.41) is 11.9. The molecule has 0 bridgehead atoms. The molecule has 2 aromatic heterocycles. The molecular weight excluding hydrogens is 342 g/mol. The van der Waals surface area contributed by atoms with E-state index in [0.29, 0.717) is 6.54 Å². The molecule has 1 aliphatic carbocycles. The van der Waals surface area contributed by atoms with Crippen LogP contribution in [0, 0.1) is 5.92 Å². The molecule has 2 aromatic rings. The lowest BCUT2D eigenvalue weighted by atomic mass is 9.89. The van der Waals surface area contributed by atoms with Crippen LogP contribution in [-0.2, 0) is 30.7 Å². The summed E-state index contributed by atoms with van der Waals surface area (Å²) < 4.78 is 7.70. The van der Waals surface area contributed by atoms with Crippen molar-refractivity contribution in [2.45, 2.75) is 58.0 Å². The fourth-order valence-corrected chi connectivity index (χ4v) is 4.20. The molecule has 4 rings (SSSR count). The van der Waals surface area contributed by atoms with Crippen LogP contribution >= 0.6 is 0 Å². The van der Waals surface area contributed by atoms with Gasteiger partial charge in [-0.15, -0.1) is 10.2 Å². The van der Waals surface area contributed by atoms with Gasteiger partial charge in [-0.2, -0.15) is 0 Å². The second-order valence-corrected chi connectivity index (χ2v) is 7.67. The molecule has 0 unspecified atom stereocenters. The largest absolute Gasteiger partial charge is 0.468 e. The second kappa shape index (κ2) is 8.69. The zero-order chi connectivity index (χ0) is 18.5. The molecule has 0 atom stereocenters. The maximum Gasteiger partial charge on any atom is 0.223 e. The Balaban J connectivity index is 1.27. The Morgan fingerprint density at radius 2 is 2.07 bits per heavy atom. The van der Waals surface area contributed by atoms with E-state index in [4.69, 9.17) is 4.42 Å². The number of aromatic nitrogens is 3. The highest BCUT2D eigenvalue weighted by Crippen LogP contribution is 2.23. The van der Waals surface area contributed by atoms with Gasteiger partial charge in [0, 0.05) is 44.9 Å². The van der Waals surface area contributed by atoms with Gasteiger partial charge in [0.15, 0.2) is 0 Å². The molecule has 1 amide bonds. The van der Waals surface area contributed by atoms with Crippen molar-refractivity contribution in [3.05, 3.63) is 35.8 Å². The molecule has 1 saturated carbocycles. The molecule has 1 fully saturated rings. The summed E-state index contributed by atoms with van der Waals surface area (Å²) in [6.45, 7) is 4.26. The molecular formula is C20H29N5O2. The summed E-state index contributed by atoms with van der Waals surface area (Å²) in [6.07, 6.45) is 9.07. The highest BCUT2D eigenvalue weighted by molar-refractivity contribution is 5.78. The van der Waals surface area contributed by atoms with Crippen molar-refractivity contribution in [3.8, 4) is 0 Å². The third-order valence-electron chi connectivity index (χ3n) is 5.78. The average Bonchev–Trinajstić information content (AvgIpc) is 3.30. The van der Waals surface area contributed by atoms with Crippen LogP contribution in [0.5, 0.6) is 0 Å². The molecule has 1 N–H and O–H groups in total. The summed E-state index contributed by atoms with van der Waals surface area (Å²) in [6, 6.07) is 3.95. The molecule has 27 heavy (non-hydrogen) atoms. The molecule has 0 aromatic carbocycles. The Bertz CT molecular complexity index is 734. The SMILES string of the molecule is O=C(NCCc1nnc2n1CCN(Cc1ccco1)CC2)C1CCCCC1. The number of rotatable bonds is 6. The fraction of sp³-hybridized carbons (Fsp3) is 0.650. The Morgan fingerprint density at radius 3 is 2.89 bits per heavy atom. The van der Waals surface area contributed by atoms with E-state index in [-0.39, 0.29) is 11.8 Å². The molecule has 0 saturated heterocycles. The predicted molar refractivity (Wildman–Crippen MR) is 101 cm³/mol. The average molecular weight is 371 g/mol. The van der Waals surface area contributed by atoms with Crippen molar-refractivity contribution >= 4 is 5.91 Å². The number of hydrogen-bond acceptors (Lipinski definition) is 5.